The molecule has 2 rings (SSSR count). The Morgan fingerprint density at radius 2 is 2.00 bits per heavy atom. The zero-order valence-electron chi connectivity index (χ0n) is 12.4. The Bertz CT molecular complexity index is 490. The van der Waals surface area contributed by atoms with E-state index in [4.69, 9.17) is 14.2 Å². The number of piperidine rings is 1. The van der Waals surface area contributed by atoms with Gasteiger partial charge in [-0.05, 0) is 19.5 Å². The maximum atomic E-state index is 12.3. The highest BCUT2D eigenvalue weighted by Crippen LogP contribution is 2.32. The lowest BCUT2D eigenvalue weighted by Crippen LogP contribution is -2.36. The van der Waals surface area contributed by atoms with E-state index in [-0.39, 0.29) is 11.9 Å². The summed E-state index contributed by atoms with van der Waals surface area (Å²) in [7, 11) is 6.76. The molecule has 1 unspecified atom stereocenters. The van der Waals surface area contributed by atoms with Crippen LogP contribution in [0.25, 0.3) is 0 Å². The molecule has 0 bridgehead atoms. The third-order valence-corrected chi connectivity index (χ3v) is 3.67. The van der Waals surface area contributed by atoms with Crippen LogP contribution in [0.15, 0.2) is 34.8 Å². The molecule has 0 amide bonds. The fourth-order valence-corrected chi connectivity index (χ4v) is 2.58. The fourth-order valence-electron chi connectivity index (χ4n) is 2.58. The summed E-state index contributed by atoms with van der Waals surface area (Å²) in [6.07, 6.45) is 4.05. The van der Waals surface area contributed by atoms with Gasteiger partial charge >= 0.3 is 0 Å². The number of hydrogen-bond donors (Lipinski definition) is 0. The van der Waals surface area contributed by atoms with Gasteiger partial charge in [0.25, 0.3) is 0 Å². The van der Waals surface area contributed by atoms with Crippen LogP contribution >= 0.6 is 0 Å². The van der Waals surface area contributed by atoms with E-state index in [1.54, 1.807) is 27.4 Å². The second-order valence-corrected chi connectivity index (χ2v) is 4.95. The summed E-state index contributed by atoms with van der Waals surface area (Å²) < 4.78 is 16.2. The van der Waals surface area contributed by atoms with E-state index >= 15 is 0 Å². The molecular formula is C15H21NO4. The van der Waals surface area contributed by atoms with Gasteiger partial charge in [0.1, 0.15) is 17.6 Å². The number of likely N-dealkylation sites (tertiary alicyclic amines) is 1. The summed E-state index contributed by atoms with van der Waals surface area (Å²) in [5, 5.41) is 0. The summed E-state index contributed by atoms with van der Waals surface area (Å²) in [5.74, 6) is 1.45. The summed E-state index contributed by atoms with van der Waals surface area (Å²) >= 11 is 0. The predicted octanol–water partition coefficient (Wildman–Crippen LogP) is 1.28. The summed E-state index contributed by atoms with van der Waals surface area (Å²) in [5.41, 5.74) is 1.63. The Morgan fingerprint density at radius 1 is 1.25 bits per heavy atom. The molecule has 1 fully saturated rings. The Hall–Kier alpha value is -1.59. The van der Waals surface area contributed by atoms with E-state index in [9.17, 15) is 4.79 Å². The number of rotatable bonds is 3. The molecule has 0 aromatic heterocycles. The average Bonchev–Trinajstić information content (AvgIpc) is 2.46. The van der Waals surface area contributed by atoms with E-state index in [0.717, 1.165) is 17.7 Å². The van der Waals surface area contributed by atoms with Crippen molar-refractivity contribution in [3.8, 4) is 0 Å². The second-order valence-electron chi connectivity index (χ2n) is 4.95. The van der Waals surface area contributed by atoms with Gasteiger partial charge in [-0.2, -0.15) is 0 Å². The number of methoxy groups -OCH3 is 3. The third kappa shape index (κ3) is 2.78. The first-order chi connectivity index (χ1) is 9.60. The number of nitrogens with zero attached hydrogens (tertiary/aromatic N) is 1. The molecular weight excluding hydrogens is 258 g/mol. The molecule has 0 radical (unpaired) electrons. The van der Waals surface area contributed by atoms with Crippen molar-refractivity contribution in [2.24, 2.45) is 0 Å². The molecule has 0 aromatic rings. The number of hydrogen-bond acceptors (Lipinski definition) is 5. The lowest BCUT2D eigenvalue weighted by molar-refractivity contribution is -0.117. The van der Waals surface area contributed by atoms with Crippen LogP contribution in [-0.4, -0.2) is 58.3 Å². The van der Waals surface area contributed by atoms with Gasteiger partial charge in [-0.25, -0.2) is 0 Å². The van der Waals surface area contributed by atoms with Crippen LogP contribution in [0.4, 0.5) is 0 Å². The Labute approximate surface area is 119 Å². The normalized spacial score (nSPS) is 28.0. The van der Waals surface area contributed by atoms with Crippen LogP contribution < -0.4 is 0 Å². The van der Waals surface area contributed by atoms with Crippen molar-refractivity contribution in [2.45, 2.75) is 12.5 Å². The van der Waals surface area contributed by atoms with Crippen LogP contribution in [0.3, 0.4) is 0 Å². The fraction of sp³-hybridized carbons (Fsp3) is 0.533. The minimum atomic E-state index is -0.313. The monoisotopic (exact) mass is 279 g/mol. The molecule has 0 N–H and O–H groups in total. The number of ketones is 1. The molecule has 20 heavy (non-hydrogen) atoms. The number of Topliss-reactive ketones (excluding diaryl/α,β-unsaturated/α-hetero) is 1. The lowest BCUT2D eigenvalue weighted by atomic mass is 9.89. The van der Waals surface area contributed by atoms with Gasteiger partial charge < -0.3 is 14.2 Å². The summed E-state index contributed by atoms with van der Waals surface area (Å²) in [6, 6.07) is 0. The van der Waals surface area contributed by atoms with E-state index in [2.05, 4.69) is 0 Å². The standard InChI is InChI=1S/C15H21NO4/c1-16-6-5-11(12(17)9-16)15-13(19-3)7-10(18-2)8-14(15)20-4/h7-8,13H,5-6,9H2,1-4H3/b15-11+. The van der Waals surface area contributed by atoms with Crippen LogP contribution in [0.1, 0.15) is 6.42 Å². The van der Waals surface area contributed by atoms with E-state index in [1.165, 1.54) is 0 Å². The molecule has 5 heteroatoms. The quantitative estimate of drug-likeness (QED) is 0.728. The minimum absolute atomic E-state index is 0.132. The first-order valence-electron chi connectivity index (χ1n) is 6.60. The lowest BCUT2D eigenvalue weighted by Gasteiger charge is -2.29. The van der Waals surface area contributed by atoms with Gasteiger partial charge in [0.05, 0.1) is 20.8 Å². The molecule has 1 aliphatic heterocycles. The molecule has 2 aliphatic rings. The molecule has 110 valence electrons. The largest absolute Gasteiger partial charge is 0.497 e. The summed E-state index contributed by atoms with van der Waals surface area (Å²) in [4.78, 5) is 14.3. The van der Waals surface area contributed by atoms with Crippen molar-refractivity contribution in [1.29, 1.82) is 0 Å². The van der Waals surface area contributed by atoms with E-state index in [1.807, 2.05) is 18.0 Å². The first kappa shape index (κ1) is 14.8. The zero-order valence-corrected chi connectivity index (χ0v) is 12.4. The van der Waals surface area contributed by atoms with Gasteiger partial charge in [0, 0.05) is 30.9 Å². The molecule has 1 heterocycles. The molecule has 1 aliphatic carbocycles. The van der Waals surface area contributed by atoms with Crippen LogP contribution in [0.2, 0.25) is 0 Å². The van der Waals surface area contributed by atoms with Crippen molar-refractivity contribution in [2.75, 3.05) is 41.5 Å². The van der Waals surface area contributed by atoms with Crippen molar-refractivity contribution in [3.05, 3.63) is 34.8 Å². The number of ether oxygens (including phenoxy) is 3. The van der Waals surface area contributed by atoms with Crippen molar-refractivity contribution in [1.82, 2.24) is 4.90 Å². The van der Waals surface area contributed by atoms with Crippen molar-refractivity contribution < 1.29 is 19.0 Å². The third-order valence-electron chi connectivity index (χ3n) is 3.67. The molecule has 0 saturated carbocycles. The van der Waals surface area contributed by atoms with Gasteiger partial charge in [0.15, 0.2) is 5.78 Å². The van der Waals surface area contributed by atoms with Crippen molar-refractivity contribution >= 4 is 5.78 Å². The predicted molar refractivity (Wildman–Crippen MR) is 75.1 cm³/mol. The maximum Gasteiger partial charge on any atom is 0.173 e. The maximum absolute atomic E-state index is 12.3. The average molecular weight is 279 g/mol. The molecule has 1 saturated heterocycles. The number of likely N-dealkylation sites (N-methyl/N-ethyl adjacent to an activating group) is 1. The second kappa shape index (κ2) is 6.24. The Morgan fingerprint density at radius 3 is 2.55 bits per heavy atom. The number of allylic oxidation sites excluding steroid dienone is 1. The van der Waals surface area contributed by atoms with E-state index in [0.29, 0.717) is 24.5 Å². The molecule has 0 aromatic carbocycles. The van der Waals surface area contributed by atoms with Crippen molar-refractivity contribution in [3.63, 3.8) is 0 Å². The Kier molecular flexibility index (Phi) is 4.62. The smallest absolute Gasteiger partial charge is 0.173 e. The number of carbonyl (C=O) groups is 1. The molecule has 5 nitrogen and oxygen atoms in total. The van der Waals surface area contributed by atoms with Gasteiger partial charge in [0.2, 0.25) is 0 Å². The highest BCUT2D eigenvalue weighted by atomic mass is 16.5. The zero-order chi connectivity index (χ0) is 14.7. The van der Waals surface area contributed by atoms with Gasteiger partial charge in [-0.3, -0.25) is 9.69 Å². The van der Waals surface area contributed by atoms with Crippen LogP contribution in [-0.2, 0) is 19.0 Å². The SMILES string of the molecule is COC1=CC(OC)/C(=C2/CCN(C)CC2=O)C(OC)=C1. The molecule has 0 spiro atoms. The highest BCUT2D eigenvalue weighted by molar-refractivity contribution is 5.99. The molecule has 1 atom stereocenters. The van der Waals surface area contributed by atoms with Gasteiger partial charge in [-0.1, -0.05) is 0 Å². The summed E-state index contributed by atoms with van der Waals surface area (Å²) in [6.45, 7) is 1.30. The Balaban J connectivity index is 2.45. The highest BCUT2D eigenvalue weighted by Gasteiger charge is 2.31. The van der Waals surface area contributed by atoms with Crippen LogP contribution in [0.5, 0.6) is 0 Å². The van der Waals surface area contributed by atoms with Crippen LogP contribution in [0, 0.1) is 0 Å². The first-order valence-corrected chi connectivity index (χ1v) is 6.60. The topological polar surface area (TPSA) is 48.0 Å². The van der Waals surface area contributed by atoms with Gasteiger partial charge in [-0.15, -0.1) is 0 Å². The number of carbonyl (C=O) groups excluding carboxylic acids is 1. The minimum Gasteiger partial charge on any atom is -0.497 e. The van der Waals surface area contributed by atoms with E-state index < -0.39 is 0 Å².